The van der Waals surface area contributed by atoms with Gasteiger partial charge in [-0.2, -0.15) is 5.10 Å². The van der Waals surface area contributed by atoms with Crippen LogP contribution in [0.5, 0.6) is 0 Å². The Labute approximate surface area is 179 Å². The third kappa shape index (κ3) is 3.32. The smallest absolute Gasteiger partial charge is 0.335 e. The Hall–Kier alpha value is -3.74. The molecule has 3 aromatic rings. The van der Waals surface area contributed by atoms with Crippen LogP contribution in [-0.2, 0) is 0 Å². The van der Waals surface area contributed by atoms with Gasteiger partial charge in [0.25, 0.3) is 0 Å². The van der Waals surface area contributed by atoms with Crippen molar-refractivity contribution in [2.24, 2.45) is 11.8 Å². The second-order valence-corrected chi connectivity index (χ2v) is 8.13. The van der Waals surface area contributed by atoms with Gasteiger partial charge in [0, 0.05) is 22.7 Å². The summed E-state index contributed by atoms with van der Waals surface area (Å²) in [7, 11) is 0. The first-order valence-corrected chi connectivity index (χ1v) is 10.4. The molecule has 31 heavy (non-hydrogen) atoms. The number of hydrogen-bond acceptors (Lipinski definition) is 4. The van der Waals surface area contributed by atoms with Crippen LogP contribution >= 0.6 is 0 Å². The van der Waals surface area contributed by atoms with Gasteiger partial charge in [-0.15, -0.1) is 0 Å². The summed E-state index contributed by atoms with van der Waals surface area (Å²) in [6, 6.07) is 7.53. The van der Waals surface area contributed by atoms with Crippen molar-refractivity contribution in [3.8, 4) is 22.8 Å². The van der Waals surface area contributed by atoms with Crippen LogP contribution in [0.25, 0.3) is 28.3 Å². The summed E-state index contributed by atoms with van der Waals surface area (Å²) in [5.74, 6) is 2.27. The quantitative estimate of drug-likeness (QED) is 0.449. The molecule has 0 bridgehead atoms. The molecular weight excluding hydrogens is 390 g/mol. The predicted molar refractivity (Wildman–Crippen MR) is 119 cm³/mol. The minimum atomic E-state index is -0.210. The minimum Gasteiger partial charge on any atom is -0.335 e. The minimum absolute atomic E-state index is 0.0207. The average Bonchev–Trinajstić information content (AvgIpc) is 3.59. The maximum atomic E-state index is 12.5. The van der Waals surface area contributed by atoms with Crippen molar-refractivity contribution in [1.82, 2.24) is 24.7 Å². The van der Waals surface area contributed by atoms with Crippen molar-refractivity contribution in [1.29, 1.82) is 0 Å². The number of nitrogens with one attached hydrogen (secondary N) is 2. The third-order valence-electron chi connectivity index (χ3n) is 6.01. The molecule has 1 aromatic carbocycles. The van der Waals surface area contributed by atoms with Gasteiger partial charge < -0.3 is 4.98 Å². The molecule has 0 saturated heterocycles. The van der Waals surface area contributed by atoms with E-state index in [4.69, 9.17) is 4.98 Å². The molecule has 0 spiro atoms. The SMILES string of the molecule is C=C(/C=C\C=C/C)c1nc(-c2cccc(C(C)=O)c2)c(-c2n[nH]c(=O)n2C2C3CC32)[nH]1. The van der Waals surface area contributed by atoms with Crippen LogP contribution in [0, 0.1) is 11.8 Å². The summed E-state index contributed by atoms with van der Waals surface area (Å²) < 4.78 is 1.74. The molecule has 156 valence electrons. The number of rotatable bonds is 7. The van der Waals surface area contributed by atoms with Crippen LogP contribution in [0.3, 0.4) is 0 Å². The van der Waals surface area contributed by atoms with E-state index in [-0.39, 0.29) is 17.5 Å². The molecule has 2 unspecified atom stereocenters. The van der Waals surface area contributed by atoms with Crippen molar-refractivity contribution in [3.05, 3.63) is 77.0 Å². The molecule has 2 aliphatic carbocycles. The van der Waals surface area contributed by atoms with Crippen LogP contribution < -0.4 is 5.69 Å². The van der Waals surface area contributed by atoms with Gasteiger partial charge in [0.05, 0.1) is 0 Å². The predicted octanol–water partition coefficient (Wildman–Crippen LogP) is 4.17. The van der Waals surface area contributed by atoms with Gasteiger partial charge in [-0.25, -0.2) is 14.9 Å². The number of ketones is 1. The Kier molecular flexibility index (Phi) is 4.46. The van der Waals surface area contributed by atoms with Crippen LogP contribution in [0.2, 0.25) is 0 Å². The molecular formula is C24H23N5O2. The summed E-state index contributed by atoms with van der Waals surface area (Å²) in [6.45, 7) is 7.59. The van der Waals surface area contributed by atoms with E-state index < -0.39 is 0 Å². The van der Waals surface area contributed by atoms with Gasteiger partial charge in [-0.05, 0) is 38.2 Å². The summed E-state index contributed by atoms with van der Waals surface area (Å²) >= 11 is 0. The molecule has 7 nitrogen and oxygen atoms in total. The van der Waals surface area contributed by atoms with Gasteiger partial charge in [0.2, 0.25) is 0 Å². The Morgan fingerprint density at radius 3 is 2.77 bits per heavy atom. The Morgan fingerprint density at radius 1 is 1.29 bits per heavy atom. The molecule has 2 fully saturated rings. The number of nitrogens with zero attached hydrogens (tertiary/aromatic N) is 3. The monoisotopic (exact) mass is 413 g/mol. The number of aromatic nitrogens is 5. The van der Waals surface area contributed by atoms with Crippen molar-refractivity contribution in [2.75, 3.05) is 0 Å². The number of carbonyl (C=O) groups is 1. The number of allylic oxidation sites excluding steroid dienone is 5. The van der Waals surface area contributed by atoms with Crippen molar-refractivity contribution in [2.45, 2.75) is 26.3 Å². The standard InChI is InChI=1S/C24H23N5O2/c1-4-5-6-8-13(2)22-25-19(16-10-7-9-15(11-16)14(3)30)20(26-22)23-27-28-24(31)29(23)21-17-12-18(17)21/h4-11,17-18,21H,2,12H2,1,3H3,(H,25,26)(H,28,31)/b5-4-,8-6-. The van der Waals surface area contributed by atoms with Crippen molar-refractivity contribution in [3.63, 3.8) is 0 Å². The summed E-state index contributed by atoms with van der Waals surface area (Å²) in [6.07, 6.45) is 8.78. The summed E-state index contributed by atoms with van der Waals surface area (Å²) in [5.41, 5.74) is 3.14. The molecule has 2 heterocycles. The first-order valence-electron chi connectivity index (χ1n) is 10.4. The first-order chi connectivity index (χ1) is 15.0. The lowest BCUT2D eigenvalue weighted by Crippen LogP contribution is -2.19. The van der Waals surface area contributed by atoms with E-state index in [0.717, 1.165) is 5.56 Å². The Bertz CT molecular complexity index is 1310. The number of H-pyrrole nitrogens is 2. The maximum Gasteiger partial charge on any atom is 0.343 e. The lowest BCUT2D eigenvalue weighted by Gasteiger charge is -2.09. The molecule has 2 aliphatic rings. The fraction of sp³-hybridized carbons (Fsp3) is 0.250. The van der Waals surface area contributed by atoms with E-state index >= 15 is 0 Å². The second kappa shape index (κ2) is 7.19. The van der Waals surface area contributed by atoms with E-state index in [0.29, 0.717) is 46.0 Å². The van der Waals surface area contributed by atoms with Crippen LogP contribution in [0.4, 0.5) is 0 Å². The Balaban J connectivity index is 1.65. The topological polar surface area (TPSA) is 96.4 Å². The van der Waals surface area contributed by atoms with E-state index in [1.54, 1.807) is 10.6 Å². The summed E-state index contributed by atoms with van der Waals surface area (Å²) in [4.78, 5) is 32.5. The highest BCUT2D eigenvalue weighted by molar-refractivity contribution is 5.95. The number of benzene rings is 1. The number of hydrogen-bond donors (Lipinski definition) is 2. The molecule has 0 amide bonds. The molecule has 7 heteroatoms. The number of carbonyl (C=O) groups excluding carboxylic acids is 1. The number of fused-ring (bicyclic) bond motifs is 1. The normalized spacial score (nSPS) is 21.5. The molecule has 0 aliphatic heterocycles. The number of aromatic amines is 2. The molecule has 2 saturated carbocycles. The molecule has 5 rings (SSSR count). The van der Waals surface area contributed by atoms with Gasteiger partial charge >= 0.3 is 5.69 Å². The average molecular weight is 413 g/mol. The molecule has 2 N–H and O–H groups in total. The van der Waals surface area contributed by atoms with E-state index in [1.807, 2.05) is 49.4 Å². The van der Waals surface area contributed by atoms with Crippen molar-refractivity contribution >= 4 is 11.4 Å². The lowest BCUT2D eigenvalue weighted by molar-refractivity contribution is 0.101. The van der Waals surface area contributed by atoms with Crippen LogP contribution in [-0.4, -0.2) is 30.5 Å². The van der Waals surface area contributed by atoms with Crippen LogP contribution in [0.1, 0.15) is 42.5 Å². The highest BCUT2D eigenvalue weighted by atomic mass is 16.2. The zero-order valence-corrected chi connectivity index (χ0v) is 17.4. The third-order valence-corrected chi connectivity index (χ3v) is 6.01. The van der Waals surface area contributed by atoms with Gasteiger partial charge in [-0.3, -0.25) is 9.36 Å². The zero-order chi connectivity index (χ0) is 21.7. The highest BCUT2D eigenvalue weighted by Gasteiger charge is 2.66. The largest absolute Gasteiger partial charge is 0.343 e. The van der Waals surface area contributed by atoms with Crippen LogP contribution in [0.15, 0.2) is 59.9 Å². The van der Waals surface area contributed by atoms with Gasteiger partial charge in [0.15, 0.2) is 11.6 Å². The number of Topliss-reactive ketones (excluding diaryl/α,β-unsaturated/α-hetero) is 1. The molecule has 2 atom stereocenters. The maximum absolute atomic E-state index is 12.5. The summed E-state index contributed by atoms with van der Waals surface area (Å²) in [5, 5.41) is 6.92. The van der Waals surface area contributed by atoms with Gasteiger partial charge in [-0.1, -0.05) is 49.1 Å². The number of imidazole rings is 1. The second-order valence-electron chi connectivity index (χ2n) is 8.13. The molecule has 2 aromatic heterocycles. The van der Waals surface area contributed by atoms with Crippen molar-refractivity contribution < 1.29 is 4.79 Å². The van der Waals surface area contributed by atoms with E-state index in [1.165, 1.54) is 13.3 Å². The fourth-order valence-electron chi connectivity index (χ4n) is 4.03. The van der Waals surface area contributed by atoms with Gasteiger partial charge in [0.1, 0.15) is 17.2 Å². The van der Waals surface area contributed by atoms with E-state index in [9.17, 15) is 9.59 Å². The zero-order valence-electron chi connectivity index (χ0n) is 17.4. The first kappa shape index (κ1) is 19.2. The fourth-order valence-corrected chi connectivity index (χ4v) is 4.03. The highest BCUT2D eigenvalue weighted by Crippen LogP contribution is 2.71. The lowest BCUT2D eigenvalue weighted by atomic mass is 10.0. The van der Waals surface area contributed by atoms with E-state index in [2.05, 4.69) is 21.8 Å². The molecule has 0 radical (unpaired) electrons. The Morgan fingerprint density at radius 2 is 2.10 bits per heavy atom.